The first-order valence-electron chi connectivity index (χ1n) is 4.97. The van der Waals surface area contributed by atoms with Crippen LogP contribution in [0.5, 0.6) is 0 Å². The van der Waals surface area contributed by atoms with Gasteiger partial charge in [-0.15, -0.1) is 0 Å². The highest BCUT2D eigenvalue weighted by atomic mass is 35.5. The van der Waals surface area contributed by atoms with Crippen molar-refractivity contribution in [1.29, 1.82) is 0 Å². The monoisotopic (exact) mass is 261 g/mol. The maximum Gasteiger partial charge on any atom is 0.0595 e. The van der Waals surface area contributed by atoms with E-state index in [0.29, 0.717) is 16.0 Å². The summed E-state index contributed by atoms with van der Waals surface area (Å²) in [5.74, 6) is 2.95. The molecule has 1 saturated heterocycles. The van der Waals surface area contributed by atoms with Crippen LogP contribution in [-0.2, 0) is 0 Å². The fourth-order valence-electron chi connectivity index (χ4n) is 1.83. The second-order valence-electron chi connectivity index (χ2n) is 3.82. The first-order chi connectivity index (χ1) is 7.18. The van der Waals surface area contributed by atoms with Crippen LogP contribution < -0.4 is 5.73 Å². The minimum atomic E-state index is 0.0924. The van der Waals surface area contributed by atoms with Gasteiger partial charge in [-0.05, 0) is 41.5 Å². The summed E-state index contributed by atoms with van der Waals surface area (Å²) in [5.41, 5.74) is 7.30. The van der Waals surface area contributed by atoms with Crippen molar-refractivity contribution >= 4 is 35.0 Å². The number of benzene rings is 1. The van der Waals surface area contributed by atoms with Crippen LogP contribution in [0.2, 0.25) is 10.0 Å². The zero-order chi connectivity index (χ0) is 10.8. The van der Waals surface area contributed by atoms with Crippen molar-refractivity contribution in [2.45, 2.75) is 12.5 Å². The van der Waals surface area contributed by atoms with Gasteiger partial charge in [-0.3, -0.25) is 0 Å². The highest BCUT2D eigenvalue weighted by Gasteiger charge is 2.23. The fraction of sp³-hybridized carbons (Fsp3) is 0.455. The molecule has 1 aliphatic heterocycles. The first kappa shape index (κ1) is 11.6. The van der Waals surface area contributed by atoms with Crippen LogP contribution in [0.25, 0.3) is 0 Å². The second kappa shape index (κ2) is 4.96. The standard InChI is InChI=1S/C11H13Cl2NS/c12-9-2-1-7(5-10(9)13)11(14)8-3-4-15-6-8/h1-2,5,8,11H,3-4,6,14H2. The van der Waals surface area contributed by atoms with Gasteiger partial charge in [-0.25, -0.2) is 0 Å². The Kier molecular flexibility index (Phi) is 3.83. The largest absolute Gasteiger partial charge is 0.324 e. The highest BCUT2D eigenvalue weighted by Crippen LogP contribution is 2.34. The lowest BCUT2D eigenvalue weighted by Gasteiger charge is -2.18. The molecule has 0 aliphatic carbocycles. The van der Waals surface area contributed by atoms with Crippen LogP contribution in [0.4, 0.5) is 0 Å². The molecule has 0 radical (unpaired) electrons. The molecule has 1 fully saturated rings. The summed E-state index contributed by atoms with van der Waals surface area (Å²) in [7, 11) is 0. The van der Waals surface area contributed by atoms with Gasteiger partial charge in [0.1, 0.15) is 0 Å². The van der Waals surface area contributed by atoms with Crippen molar-refractivity contribution in [3.05, 3.63) is 33.8 Å². The summed E-state index contributed by atoms with van der Waals surface area (Å²) >= 11 is 13.8. The molecule has 2 atom stereocenters. The number of hydrogen-bond donors (Lipinski definition) is 1. The number of rotatable bonds is 2. The minimum absolute atomic E-state index is 0.0924. The predicted octanol–water partition coefficient (Wildman–Crippen LogP) is 3.75. The quantitative estimate of drug-likeness (QED) is 0.878. The molecule has 15 heavy (non-hydrogen) atoms. The lowest BCUT2D eigenvalue weighted by molar-refractivity contribution is 0.482. The second-order valence-corrected chi connectivity index (χ2v) is 5.79. The SMILES string of the molecule is NC(c1ccc(Cl)c(Cl)c1)C1CCSC1. The Hall–Kier alpha value is 0.110. The Morgan fingerprint density at radius 3 is 2.73 bits per heavy atom. The Balaban J connectivity index is 2.17. The maximum absolute atomic E-state index is 6.20. The van der Waals surface area contributed by atoms with E-state index in [4.69, 9.17) is 28.9 Å². The third kappa shape index (κ3) is 2.62. The van der Waals surface area contributed by atoms with Gasteiger partial charge in [0, 0.05) is 6.04 Å². The molecule has 2 rings (SSSR count). The van der Waals surface area contributed by atoms with E-state index in [0.717, 1.165) is 11.3 Å². The molecule has 0 bridgehead atoms. The molecule has 2 N–H and O–H groups in total. The summed E-state index contributed by atoms with van der Waals surface area (Å²) in [5, 5.41) is 1.18. The summed E-state index contributed by atoms with van der Waals surface area (Å²) in [6.45, 7) is 0. The van der Waals surface area contributed by atoms with Crippen molar-refractivity contribution < 1.29 is 0 Å². The van der Waals surface area contributed by atoms with E-state index in [1.807, 2.05) is 30.0 Å². The number of nitrogens with two attached hydrogens (primary N) is 1. The van der Waals surface area contributed by atoms with Crippen LogP contribution >= 0.6 is 35.0 Å². The lowest BCUT2D eigenvalue weighted by atomic mass is 9.93. The Morgan fingerprint density at radius 1 is 1.33 bits per heavy atom. The van der Waals surface area contributed by atoms with Crippen LogP contribution in [0.3, 0.4) is 0 Å². The molecule has 4 heteroatoms. The van der Waals surface area contributed by atoms with Crippen LogP contribution in [0.15, 0.2) is 18.2 Å². The predicted molar refractivity (Wildman–Crippen MR) is 68.8 cm³/mol. The highest BCUT2D eigenvalue weighted by molar-refractivity contribution is 7.99. The normalized spacial score (nSPS) is 23.0. The molecule has 0 spiro atoms. The third-order valence-corrected chi connectivity index (χ3v) is 4.73. The molecule has 1 aromatic carbocycles. The van der Waals surface area contributed by atoms with E-state index in [1.165, 1.54) is 12.2 Å². The summed E-state index contributed by atoms with van der Waals surface area (Å²) in [6, 6.07) is 5.77. The van der Waals surface area contributed by atoms with Crippen LogP contribution in [-0.4, -0.2) is 11.5 Å². The molecule has 1 aliphatic rings. The van der Waals surface area contributed by atoms with Crippen LogP contribution in [0.1, 0.15) is 18.0 Å². The summed E-state index contributed by atoms with van der Waals surface area (Å²) in [6.07, 6.45) is 1.20. The van der Waals surface area contributed by atoms with E-state index in [-0.39, 0.29) is 6.04 Å². The molecular formula is C11H13Cl2NS. The summed E-state index contributed by atoms with van der Waals surface area (Å²) < 4.78 is 0. The number of halogens is 2. The van der Waals surface area contributed by atoms with Crippen molar-refractivity contribution in [2.75, 3.05) is 11.5 Å². The van der Waals surface area contributed by atoms with E-state index in [9.17, 15) is 0 Å². The van der Waals surface area contributed by atoms with E-state index < -0.39 is 0 Å². The zero-order valence-electron chi connectivity index (χ0n) is 8.25. The molecule has 0 aromatic heterocycles. The molecule has 1 aromatic rings. The summed E-state index contributed by atoms with van der Waals surface area (Å²) in [4.78, 5) is 0. The zero-order valence-corrected chi connectivity index (χ0v) is 10.6. The fourth-order valence-corrected chi connectivity index (χ4v) is 3.45. The molecule has 1 heterocycles. The topological polar surface area (TPSA) is 26.0 Å². The average Bonchev–Trinajstić information content (AvgIpc) is 2.74. The Labute approximate surface area is 104 Å². The first-order valence-corrected chi connectivity index (χ1v) is 6.88. The Morgan fingerprint density at radius 2 is 2.13 bits per heavy atom. The van der Waals surface area contributed by atoms with E-state index in [1.54, 1.807) is 0 Å². The van der Waals surface area contributed by atoms with E-state index in [2.05, 4.69) is 0 Å². The number of hydrogen-bond acceptors (Lipinski definition) is 2. The molecule has 0 saturated carbocycles. The molecule has 82 valence electrons. The van der Waals surface area contributed by atoms with Gasteiger partial charge in [-0.1, -0.05) is 29.3 Å². The van der Waals surface area contributed by atoms with Crippen molar-refractivity contribution in [3.63, 3.8) is 0 Å². The van der Waals surface area contributed by atoms with Gasteiger partial charge in [0.15, 0.2) is 0 Å². The molecular weight excluding hydrogens is 249 g/mol. The average molecular weight is 262 g/mol. The van der Waals surface area contributed by atoms with Gasteiger partial charge < -0.3 is 5.73 Å². The van der Waals surface area contributed by atoms with Gasteiger partial charge in [0.25, 0.3) is 0 Å². The lowest BCUT2D eigenvalue weighted by Crippen LogP contribution is -2.21. The third-order valence-electron chi connectivity index (χ3n) is 2.80. The van der Waals surface area contributed by atoms with Gasteiger partial charge in [0.2, 0.25) is 0 Å². The maximum atomic E-state index is 6.20. The van der Waals surface area contributed by atoms with Crippen molar-refractivity contribution in [3.8, 4) is 0 Å². The van der Waals surface area contributed by atoms with Crippen molar-refractivity contribution in [1.82, 2.24) is 0 Å². The Bertz CT molecular complexity index is 350. The smallest absolute Gasteiger partial charge is 0.0595 e. The van der Waals surface area contributed by atoms with Gasteiger partial charge in [0.05, 0.1) is 10.0 Å². The van der Waals surface area contributed by atoms with Crippen LogP contribution in [0, 0.1) is 5.92 Å². The van der Waals surface area contributed by atoms with Gasteiger partial charge >= 0.3 is 0 Å². The molecule has 2 unspecified atom stereocenters. The van der Waals surface area contributed by atoms with Crippen molar-refractivity contribution in [2.24, 2.45) is 11.7 Å². The molecule has 0 amide bonds. The molecule has 1 nitrogen and oxygen atoms in total. The number of thioether (sulfide) groups is 1. The minimum Gasteiger partial charge on any atom is -0.324 e. The van der Waals surface area contributed by atoms with Gasteiger partial charge in [-0.2, -0.15) is 11.8 Å². The van der Waals surface area contributed by atoms with E-state index >= 15 is 0 Å².